The third-order valence-electron chi connectivity index (χ3n) is 3.54. The minimum absolute atomic E-state index is 0. The maximum atomic E-state index is 12.6. The van der Waals surface area contributed by atoms with Gasteiger partial charge in [-0.15, -0.1) is 12.4 Å². The lowest BCUT2D eigenvalue weighted by Crippen LogP contribution is -2.40. The van der Waals surface area contributed by atoms with Gasteiger partial charge in [-0.05, 0) is 25.0 Å². The van der Waals surface area contributed by atoms with Gasteiger partial charge in [-0.25, -0.2) is 0 Å². The number of hydrogen-bond acceptors (Lipinski definition) is 4. The average molecular weight is 301 g/mol. The molecule has 1 unspecified atom stereocenters. The summed E-state index contributed by atoms with van der Waals surface area (Å²) in [7, 11) is 3.10. The first-order valence-electron chi connectivity index (χ1n) is 6.45. The summed E-state index contributed by atoms with van der Waals surface area (Å²) in [6.07, 6.45) is 1.97. The number of hydrogen-bond donors (Lipinski definition) is 1. The predicted octanol–water partition coefficient (Wildman–Crippen LogP) is 1.69. The van der Waals surface area contributed by atoms with Crippen molar-refractivity contribution in [3.05, 3.63) is 23.8 Å². The van der Waals surface area contributed by atoms with Crippen molar-refractivity contribution in [2.45, 2.75) is 18.9 Å². The number of ether oxygens (including phenoxy) is 2. The Morgan fingerprint density at radius 1 is 1.40 bits per heavy atom. The Hall–Kier alpha value is -1.46. The summed E-state index contributed by atoms with van der Waals surface area (Å²) in [5.41, 5.74) is 6.25. The lowest BCUT2D eigenvalue weighted by Gasteiger charge is -2.24. The highest BCUT2D eigenvalue weighted by atomic mass is 35.5. The van der Waals surface area contributed by atoms with Crippen molar-refractivity contribution in [3.63, 3.8) is 0 Å². The van der Waals surface area contributed by atoms with Crippen LogP contribution in [0.3, 0.4) is 0 Å². The molecule has 112 valence electrons. The van der Waals surface area contributed by atoms with Crippen LogP contribution in [-0.2, 0) is 0 Å². The van der Waals surface area contributed by atoms with Gasteiger partial charge in [-0.1, -0.05) is 6.07 Å². The van der Waals surface area contributed by atoms with Gasteiger partial charge in [0.1, 0.15) is 0 Å². The molecule has 0 saturated carbocycles. The smallest absolute Gasteiger partial charge is 0.258 e. The summed E-state index contributed by atoms with van der Waals surface area (Å²) >= 11 is 0. The largest absolute Gasteiger partial charge is 0.493 e. The summed E-state index contributed by atoms with van der Waals surface area (Å²) in [5.74, 6) is 1.01. The molecule has 6 heteroatoms. The fraction of sp³-hybridized carbons (Fsp3) is 0.500. The molecule has 1 fully saturated rings. The molecule has 0 radical (unpaired) electrons. The van der Waals surface area contributed by atoms with E-state index in [4.69, 9.17) is 15.2 Å². The van der Waals surface area contributed by atoms with Crippen LogP contribution in [0.5, 0.6) is 11.5 Å². The summed E-state index contributed by atoms with van der Waals surface area (Å²) < 4.78 is 10.5. The standard InChI is InChI=1S/C14H20N2O3.ClH/c1-18-12-7-3-6-11(13(12)19-2)14(17)16-8-4-5-10(16)9-15;/h3,6-7,10H,4-5,8-9,15H2,1-2H3;1H. The van der Waals surface area contributed by atoms with E-state index >= 15 is 0 Å². The van der Waals surface area contributed by atoms with Crippen molar-refractivity contribution in [1.29, 1.82) is 0 Å². The predicted molar refractivity (Wildman–Crippen MR) is 79.9 cm³/mol. The van der Waals surface area contributed by atoms with Gasteiger partial charge in [0.25, 0.3) is 5.91 Å². The molecule has 2 rings (SSSR count). The van der Waals surface area contributed by atoms with E-state index in [1.54, 1.807) is 32.4 Å². The second kappa shape index (κ2) is 7.36. The topological polar surface area (TPSA) is 64.8 Å². The van der Waals surface area contributed by atoms with Gasteiger partial charge in [0.15, 0.2) is 11.5 Å². The Bertz CT molecular complexity index is 468. The number of para-hydroxylation sites is 1. The fourth-order valence-corrected chi connectivity index (χ4v) is 2.56. The van der Waals surface area contributed by atoms with Gasteiger partial charge in [0.2, 0.25) is 0 Å². The third-order valence-corrected chi connectivity index (χ3v) is 3.54. The molecular weight excluding hydrogens is 280 g/mol. The first-order chi connectivity index (χ1) is 9.22. The number of nitrogens with two attached hydrogens (primary N) is 1. The molecule has 5 nitrogen and oxygen atoms in total. The quantitative estimate of drug-likeness (QED) is 0.919. The van der Waals surface area contributed by atoms with E-state index in [0.717, 1.165) is 19.4 Å². The van der Waals surface area contributed by atoms with E-state index < -0.39 is 0 Å². The maximum Gasteiger partial charge on any atom is 0.258 e. The minimum atomic E-state index is -0.0382. The number of carbonyl (C=O) groups is 1. The molecule has 1 amide bonds. The van der Waals surface area contributed by atoms with E-state index in [9.17, 15) is 4.79 Å². The van der Waals surface area contributed by atoms with Gasteiger partial charge in [0.05, 0.1) is 19.8 Å². The molecule has 20 heavy (non-hydrogen) atoms. The molecule has 0 bridgehead atoms. The number of likely N-dealkylation sites (tertiary alicyclic amines) is 1. The van der Waals surface area contributed by atoms with Crippen LogP contribution in [0.25, 0.3) is 0 Å². The molecule has 1 saturated heterocycles. The molecule has 1 aromatic rings. The molecule has 2 N–H and O–H groups in total. The van der Waals surface area contributed by atoms with E-state index in [2.05, 4.69) is 0 Å². The van der Waals surface area contributed by atoms with Crippen molar-refractivity contribution in [1.82, 2.24) is 4.90 Å². The Balaban J connectivity index is 0.00000200. The van der Waals surface area contributed by atoms with Crippen LogP contribution in [0, 0.1) is 0 Å². The Kier molecular flexibility index (Phi) is 6.10. The van der Waals surface area contributed by atoms with Crippen LogP contribution < -0.4 is 15.2 Å². The maximum absolute atomic E-state index is 12.6. The summed E-state index contributed by atoms with van der Waals surface area (Å²) in [4.78, 5) is 14.4. The Morgan fingerprint density at radius 2 is 2.15 bits per heavy atom. The molecule has 1 atom stereocenters. The van der Waals surface area contributed by atoms with Crippen molar-refractivity contribution in [3.8, 4) is 11.5 Å². The van der Waals surface area contributed by atoms with Crippen LogP contribution in [0.2, 0.25) is 0 Å². The number of benzene rings is 1. The number of carbonyl (C=O) groups excluding carboxylic acids is 1. The number of amides is 1. The van der Waals surface area contributed by atoms with Crippen molar-refractivity contribution >= 4 is 18.3 Å². The van der Waals surface area contributed by atoms with Gasteiger partial charge in [-0.3, -0.25) is 4.79 Å². The van der Waals surface area contributed by atoms with Crippen molar-refractivity contribution < 1.29 is 14.3 Å². The molecule has 1 heterocycles. The van der Waals surface area contributed by atoms with E-state index in [1.165, 1.54) is 0 Å². The minimum Gasteiger partial charge on any atom is -0.493 e. The highest BCUT2D eigenvalue weighted by molar-refractivity contribution is 5.98. The molecule has 1 aliphatic rings. The average Bonchev–Trinajstić information content (AvgIpc) is 2.93. The van der Waals surface area contributed by atoms with Gasteiger partial charge in [-0.2, -0.15) is 0 Å². The van der Waals surface area contributed by atoms with E-state index in [0.29, 0.717) is 23.6 Å². The lowest BCUT2D eigenvalue weighted by atomic mass is 10.1. The monoisotopic (exact) mass is 300 g/mol. The van der Waals surface area contributed by atoms with Crippen LogP contribution in [0.15, 0.2) is 18.2 Å². The number of nitrogens with zero attached hydrogens (tertiary/aromatic N) is 1. The van der Waals surface area contributed by atoms with Crippen LogP contribution in [0.4, 0.5) is 0 Å². The number of rotatable bonds is 4. The van der Waals surface area contributed by atoms with Crippen molar-refractivity contribution in [2.24, 2.45) is 5.73 Å². The zero-order chi connectivity index (χ0) is 13.8. The molecule has 0 aromatic heterocycles. The zero-order valence-electron chi connectivity index (χ0n) is 11.8. The second-order valence-electron chi connectivity index (χ2n) is 4.57. The fourth-order valence-electron chi connectivity index (χ4n) is 2.56. The summed E-state index contributed by atoms with van der Waals surface area (Å²) in [5, 5.41) is 0. The summed E-state index contributed by atoms with van der Waals surface area (Å²) in [6.45, 7) is 1.25. The van der Waals surface area contributed by atoms with Crippen molar-refractivity contribution in [2.75, 3.05) is 27.3 Å². The Morgan fingerprint density at radius 3 is 2.75 bits per heavy atom. The normalized spacial score (nSPS) is 17.6. The Labute approximate surface area is 125 Å². The van der Waals surface area contributed by atoms with Gasteiger partial charge in [0, 0.05) is 19.1 Å². The van der Waals surface area contributed by atoms with Crippen LogP contribution in [0.1, 0.15) is 23.2 Å². The van der Waals surface area contributed by atoms with Gasteiger partial charge >= 0.3 is 0 Å². The zero-order valence-corrected chi connectivity index (χ0v) is 12.6. The first-order valence-corrected chi connectivity index (χ1v) is 6.45. The van der Waals surface area contributed by atoms with Gasteiger partial charge < -0.3 is 20.1 Å². The van der Waals surface area contributed by atoms with Crippen LogP contribution in [-0.4, -0.2) is 44.2 Å². The highest BCUT2D eigenvalue weighted by Crippen LogP contribution is 2.32. The first kappa shape index (κ1) is 16.6. The third kappa shape index (κ3) is 2.99. The molecule has 1 aromatic carbocycles. The van der Waals surface area contributed by atoms with Crippen LogP contribution >= 0.6 is 12.4 Å². The summed E-state index contributed by atoms with van der Waals surface area (Å²) in [6, 6.07) is 5.46. The number of methoxy groups -OCH3 is 2. The molecule has 1 aliphatic heterocycles. The van der Waals surface area contributed by atoms with E-state index in [-0.39, 0.29) is 24.4 Å². The van der Waals surface area contributed by atoms with E-state index in [1.807, 2.05) is 4.90 Å². The molecule has 0 aliphatic carbocycles. The molecular formula is C14H21ClN2O3. The lowest BCUT2D eigenvalue weighted by molar-refractivity contribution is 0.0737. The SMILES string of the molecule is COc1cccc(C(=O)N2CCCC2CN)c1OC.Cl. The second-order valence-corrected chi connectivity index (χ2v) is 4.57. The number of halogens is 1. The molecule has 0 spiro atoms. The highest BCUT2D eigenvalue weighted by Gasteiger charge is 2.30.